The fourth-order valence-electron chi connectivity index (χ4n) is 3.24. The van der Waals surface area contributed by atoms with Gasteiger partial charge in [0.15, 0.2) is 11.5 Å². The molecule has 2 aromatic rings. The molecule has 6 nitrogen and oxygen atoms in total. The highest BCUT2D eigenvalue weighted by Gasteiger charge is 2.22. The molecular weight excluding hydrogens is 318 g/mol. The molecule has 0 atom stereocenters. The third kappa shape index (κ3) is 3.74. The van der Waals surface area contributed by atoms with Crippen LogP contribution < -0.4 is 9.47 Å². The molecule has 2 aliphatic heterocycles. The molecular formula is C19H21N3O3. The molecule has 0 spiro atoms. The van der Waals surface area contributed by atoms with Gasteiger partial charge in [-0.1, -0.05) is 6.07 Å². The Morgan fingerprint density at radius 3 is 2.52 bits per heavy atom. The molecule has 0 radical (unpaired) electrons. The lowest BCUT2D eigenvalue weighted by molar-refractivity contribution is -0.132. The van der Waals surface area contributed by atoms with Crippen molar-refractivity contribution in [2.24, 2.45) is 0 Å². The Hall–Kier alpha value is -2.60. The topological polar surface area (TPSA) is 54.9 Å². The second-order valence-corrected chi connectivity index (χ2v) is 6.38. The minimum absolute atomic E-state index is 0.169. The van der Waals surface area contributed by atoms with Crippen LogP contribution >= 0.6 is 0 Å². The van der Waals surface area contributed by atoms with Gasteiger partial charge in [-0.3, -0.25) is 14.7 Å². The van der Waals surface area contributed by atoms with Gasteiger partial charge in [0.05, 0.1) is 6.42 Å². The van der Waals surface area contributed by atoms with Crippen LogP contribution in [-0.4, -0.2) is 53.7 Å². The predicted molar refractivity (Wildman–Crippen MR) is 92.4 cm³/mol. The molecule has 25 heavy (non-hydrogen) atoms. The monoisotopic (exact) mass is 339 g/mol. The van der Waals surface area contributed by atoms with E-state index in [1.54, 1.807) is 0 Å². The van der Waals surface area contributed by atoms with Gasteiger partial charge in [0.25, 0.3) is 0 Å². The Labute approximate surface area is 147 Å². The number of carbonyl (C=O) groups excluding carboxylic acids is 1. The molecule has 130 valence electrons. The number of aromatic nitrogens is 1. The van der Waals surface area contributed by atoms with Gasteiger partial charge in [-0.15, -0.1) is 0 Å². The molecule has 2 aliphatic rings. The van der Waals surface area contributed by atoms with Crippen molar-refractivity contribution in [2.75, 3.05) is 33.0 Å². The Morgan fingerprint density at radius 1 is 0.960 bits per heavy atom. The molecule has 1 saturated heterocycles. The Kier molecular flexibility index (Phi) is 4.52. The minimum Gasteiger partial charge on any atom is -0.454 e. The summed E-state index contributed by atoms with van der Waals surface area (Å²) in [6, 6.07) is 9.79. The number of piperazine rings is 1. The van der Waals surface area contributed by atoms with E-state index >= 15 is 0 Å². The smallest absolute Gasteiger partial charge is 0.231 e. The lowest BCUT2D eigenvalue weighted by atomic mass is 10.1. The maximum absolute atomic E-state index is 12.6. The van der Waals surface area contributed by atoms with Crippen LogP contribution in [0.15, 0.2) is 42.7 Å². The summed E-state index contributed by atoms with van der Waals surface area (Å²) in [7, 11) is 0. The Morgan fingerprint density at radius 2 is 1.72 bits per heavy atom. The number of nitrogens with zero attached hydrogens (tertiary/aromatic N) is 3. The van der Waals surface area contributed by atoms with E-state index in [0.29, 0.717) is 6.42 Å². The number of amides is 1. The molecule has 0 aliphatic carbocycles. The summed E-state index contributed by atoms with van der Waals surface area (Å²) in [5, 5.41) is 0. The molecule has 1 aromatic carbocycles. The average molecular weight is 339 g/mol. The fraction of sp³-hybridized carbons (Fsp3) is 0.368. The highest BCUT2D eigenvalue weighted by molar-refractivity contribution is 5.79. The molecule has 0 N–H and O–H groups in total. The van der Waals surface area contributed by atoms with Crippen molar-refractivity contribution in [3.8, 4) is 11.5 Å². The summed E-state index contributed by atoms with van der Waals surface area (Å²) < 4.78 is 10.7. The van der Waals surface area contributed by atoms with Crippen LogP contribution in [0.5, 0.6) is 11.5 Å². The summed E-state index contributed by atoms with van der Waals surface area (Å²) in [6.07, 6.45) is 4.04. The number of hydrogen-bond donors (Lipinski definition) is 0. The van der Waals surface area contributed by atoms with E-state index in [4.69, 9.17) is 9.47 Å². The molecule has 1 amide bonds. The predicted octanol–water partition coefficient (Wildman–Crippen LogP) is 1.70. The van der Waals surface area contributed by atoms with E-state index in [1.807, 2.05) is 47.6 Å². The third-order valence-electron chi connectivity index (χ3n) is 4.67. The van der Waals surface area contributed by atoms with Gasteiger partial charge in [-0.2, -0.15) is 0 Å². The van der Waals surface area contributed by atoms with Crippen molar-refractivity contribution >= 4 is 5.91 Å². The molecule has 0 unspecified atom stereocenters. The lowest BCUT2D eigenvalue weighted by Gasteiger charge is -2.34. The summed E-state index contributed by atoms with van der Waals surface area (Å²) >= 11 is 0. The summed E-state index contributed by atoms with van der Waals surface area (Å²) in [5.74, 6) is 1.65. The first-order valence-corrected chi connectivity index (χ1v) is 8.55. The Bertz CT molecular complexity index is 743. The number of ether oxygens (including phenoxy) is 2. The van der Waals surface area contributed by atoms with E-state index in [0.717, 1.165) is 49.8 Å². The van der Waals surface area contributed by atoms with Crippen LogP contribution in [0.3, 0.4) is 0 Å². The first kappa shape index (κ1) is 15.9. The van der Waals surface area contributed by atoms with E-state index < -0.39 is 0 Å². The van der Waals surface area contributed by atoms with Gasteiger partial charge in [0.2, 0.25) is 12.7 Å². The van der Waals surface area contributed by atoms with Gasteiger partial charge in [0.1, 0.15) is 0 Å². The summed E-state index contributed by atoms with van der Waals surface area (Å²) in [5.41, 5.74) is 2.23. The lowest BCUT2D eigenvalue weighted by Crippen LogP contribution is -2.48. The van der Waals surface area contributed by atoms with Crippen molar-refractivity contribution in [3.63, 3.8) is 0 Å². The fourth-order valence-corrected chi connectivity index (χ4v) is 3.24. The maximum Gasteiger partial charge on any atom is 0.231 e. The van der Waals surface area contributed by atoms with Crippen molar-refractivity contribution in [3.05, 3.63) is 53.9 Å². The SMILES string of the molecule is O=C(Cc1ccc2c(c1)OCO2)N1CCN(Cc2ccncc2)CC1. The van der Waals surface area contributed by atoms with E-state index in [9.17, 15) is 4.79 Å². The standard InChI is InChI=1S/C19H21N3O3/c23-19(12-16-1-2-17-18(11-16)25-14-24-17)22-9-7-21(8-10-22)13-15-3-5-20-6-4-15/h1-6,11H,7-10,12-14H2. The van der Waals surface area contributed by atoms with Crippen LogP contribution in [0.2, 0.25) is 0 Å². The Balaban J connectivity index is 1.29. The number of fused-ring (bicyclic) bond motifs is 1. The molecule has 1 aromatic heterocycles. The van der Waals surface area contributed by atoms with Gasteiger partial charge < -0.3 is 14.4 Å². The van der Waals surface area contributed by atoms with Gasteiger partial charge in [-0.05, 0) is 35.4 Å². The number of carbonyl (C=O) groups is 1. The van der Waals surface area contributed by atoms with Crippen LogP contribution in [0.4, 0.5) is 0 Å². The van der Waals surface area contributed by atoms with Crippen LogP contribution in [0.1, 0.15) is 11.1 Å². The van der Waals surface area contributed by atoms with Crippen LogP contribution in [0.25, 0.3) is 0 Å². The van der Waals surface area contributed by atoms with Gasteiger partial charge >= 0.3 is 0 Å². The summed E-state index contributed by atoms with van der Waals surface area (Å²) in [4.78, 5) is 20.9. The first-order valence-electron chi connectivity index (χ1n) is 8.55. The van der Waals surface area contributed by atoms with E-state index in [-0.39, 0.29) is 12.7 Å². The van der Waals surface area contributed by atoms with Crippen molar-refractivity contribution < 1.29 is 14.3 Å². The first-order chi connectivity index (χ1) is 12.3. The zero-order chi connectivity index (χ0) is 17.1. The molecule has 0 saturated carbocycles. The molecule has 6 heteroatoms. The van der Waals surface area contributed by atoms with Crippen LogP contribution in [-0.2, 0) is 17.8 Å². The van der Waals surface area contributed by atoms with E-state index in [2.05, 4.69) is 9.88 Å². The normalized spacial score (nSPS) is 16.9. The third-order valence-corrected chi connectivity index (χ3v) is 4.67. The number of hydrogen-bond acceptors (Lipinski definition) is 5. The minimum atomic E-state index is 0.169. The van der Waals surface area contributed by atoms with Gasteiger partial charge in [-0.25, -0.2) is 0 Å². The summed E-state index contributed by atoms with van der Waals surface area (Å²) in [6.45, 7) is 4.51. The van der Waals surface area contributed by atoms with Crippen molar-refractivity contribution in [2.45, 2.75) is 13.0 Å². The number of pyridine rings is 1. The molecule has 0 bridgehead atoms. The second-order valence-electron chi connectivity index (χ2n) is 6.38. The number of rotatable bonds is 4. The zero-order valence-corrected chi connectivity index (χ0v) is 14.1. The largest absolute Gasteiger partial charge is 0.454 e. The highest BCUT2D eigenvalue weighted by Crippen LogP contribution is 2.32. The van der Waals surface area contributed by atoms with E-state index in [1.165, 1.54) is 5.56 Å². The quantitative estimate of drug-likeness (QED) is 0.849. The molecule has 4 rings (SSSR count). The van der Waals surface area contributed by atoms with Gasteiger partial charge in [0, 0.05) is 45.1 Å². The second kappa shape index (κ2) is 7.11. The number of benzene rings is 1. The van der Waals surface area contributed by atoms with Crippen molar-refractivity contribution in [1.29, 1.82) is 0 Å². The molecule has 3 heterocycles. The molecule has 1 fully saturated rings. The zero-order valence-electron chi connectivity index (χ0n) is 14.1. The van der Waals surface area contributed by atoms with Crippen molar-refractivity contribution in [1.82, 2.24) is 14.8 Å². The average Bonchev–Trinajstić information content (AvgIpc) is 3.11. The highest BCUT2D eigenvalue weighted by atomic mass is 16.7. The maximum atomic E-state index is 12.6. The van der Waals surface area contributed by atoms with Crippen LogP contribution in [0, 0.1) is 0 Å².